The second-order valence-corrected chi connectivity index (χ2v) is 6.34. The second kappa shape index (κ2) is 5.80. The Balaban J connectivity index is 1.90. The Morgan fingerprint density at radius 2 is 2.00 bits per heavy atom. The summed E-state index contributed by atoms with van der Waals surface area (Å²) in [6.07, 6.45) is -0.606. The first-order valence-corrected chi connectivity index (χ1v) is 7.71. The predicted molar refractivity (Wildman–Crippen MR) is 71.8 cm³/mol. The molecule has 1 amide bonds. The number of carbonyl (C=O) groups excluding carboxylic acids is 1. The van der Waals surface area contributed by atoms with Crippen LogP contribution in [0.1, 0.15) is 12.5 Å². The standard InChI is InChI=1S/C13H17NO5S/c1-10-3-5-12(6-4-10)20(16,17)18-8-7-14-9-11(2)19-13(14)15/h3-6,11H,7-9H2,1-2H3/t11-/m0/s1. The molecule has 110 valence electrons. The van der Waals surface area contributed by atoms with Crippen molar-refractivity contribution in [1.82, 2.24) is 4.90 Å². The third-order valence-corrected chi connectivity index (χ3v) is 4.27. The number of nitrogens with zero attached hydrogens (tertiary/aromatic N) is 1. The maximum absolute atomic E-state index is 11.9. The lowest BCUT2D eigenvalue weighted by Crippen LogP contribution is -2.29. The van der Waals surface area contributed by atoms with Gasteiger partial charge in [0.1, 0.15) is 6.10 Å². The van der Waals surface area contributed by atoms with Crippen molar-refractivity contribution >= 4 is 16.2 Å². The van der Waals surface area contributed by atoms with Gasteiger partial charge in [-0.15, -0.1) is 0 Å². The summed E-state index contributed by atoms with van der Waals surface area (Å²) < 4.78 is 33.7. The molecule has 2 rings (SSSR count). The van der Waals surface area contributed by atoms with Gasteiger partial charge in [0.15, 0.2) is 0 Å². The van der Waals surface area contributed by atoms with E-state index >= 15 is 0 Å². The van der Waals surface area contributed by atoms with Crippen LogP contribution < -0.4 is 0 Å². The molecule has 1 aromatic carbocycles. The second-order valence-electron chi connectivity index (χ2n) is 4.73. The molecule has 1 aliphatic rings. The quantitative estimate of drug-likeness (QED) is 0.771. The van der Waals surface area contributed by atoms with Crippen LogP contribution in [-0.2, 0) is 19.0 Å². The molecule has 0 bridgehead atoms. The molecule has 6 nitrogen and oxygen atoms in total. The zero-order valence-electron chi connectivity index (χ0n) is 11.4. The lowest BCUT2D eigenvalue weighted by atomic mass is 10.2. The minimum Gasteiger partial charge on any atom is -0.445 e. The molecule has 0 aromatic heterocycles. The van der Waals surface area contributed by atoms with E-state index in [0.717, 1.165) is 5.56 Å². The van der Waals surface area contributed by atoms with Gasteiger partial charge in [-0.05, 0) is 26.0 Å². The Hall–Kier alpha value is -1.60. The minimum absolute atomic E-state index is 0.0853. The summed E-state index contributed by atoms with van der Waals surface area (Å²) in [4.78, 5) is 12.9. The maximum Gasteiger partial charge on any atom is 0.410 e. The summed E-state index contributed by atoms with van der Waals surface area (Å²) in [5.41, 5.74) is 0.970. The highest BCUT2D eigenvalue weighted by atomic mass is 32.2. The Kier molecular flexibility index (Phi) is 4.29. The highest BCUT2D eigenvalue weighted by molar-refractivity contribution is 7.86. The molecule has 1 fully saturated rings. The average molecular weight is 299 g/mol. The number of benzene rings is 1. The summed E-state index contributed by atoms with van der Waals surface area (Å²) >= 11 is 0. The summed E-state index contributed by atoms with van der Waals surface area (Å²) in [6.45, 7) is 4.21. The molecule has 1 heterocycles. The van der Waals surface area contributed by atoms with E-state index in [2.05, 4.69) is 0 Å². The number of hydrogen-bond acceptors (Lipinski definition) is 5. The van der Waals surface area contributed by atoms with Crippen LogP contribution in [0.2, 0.25) is 0 Å². The van der Waals surface area contributed by atoms with E-state index in [4.69, 9.17) is 8.92 Å². The largest absolute Gasteiger partial charge is 0.445 e. The van der Waals surface area contributed by atoms with Crippen molar-refractivity contribution in [1.29, 1.82) is 0 Å². The van der Waals surface area contributed by atoms with Gasteiger partial charge in [0.2, 0.25) is 0 Å². The van der Waals surface area contributed by atoms with Gasteiger partial charge >= 0.3 is 6.09 Å². The molecular weight excluding hydrogens is 282 g/mol. The van der Waals surface area contributed by atoms with Crippen LogP contribution in [0.4, 0.5) is 4.79 Å². The van der Waals surface area contributed by atoms with Gasteiger partial charge in [-0.1, -0.05) is 17.7 Å². The Morgan fingerprint density at radius 3 is 2.55 bits per heavy atom. The van der Waals surface area contributed by atoms with Gasteiger partial charge in [0.05, 0.1) is 18.0 Å². The molecule has 0 N–H and O–H groups in total. The monoisotopic (exact) mass is 299 g/mol. The van der Waals surface area contributed by atoms with Crippen LogP contribution in [0.5, 0.6) is 0 Å². The third-order valence-electron chi connectivity index (χ3n) is 2.95. The zero-order valence-corrected chi connectivity index (χ0v) is 12.2. The van der Waals surface area contributed by atoms with Crippen LogP contribution in [-0.4, -0.2) is 45.2 Å². The van der Waals surface area contributed by atoms with Crippen molar-refractivity contribution in [3.8, 4) is 0 Å². The molecule has 0 radical (unpaired) electrons. The van der Waals surface area contributed by atoms with Crippen LogP contribution in [0.25, 0.3) is 0 Å². The van der Waals surface area contributed by atoms with Gasteiger partial charge in [-0.2, -0.15) is 8.42 Å². The maximum atomic E-state index is 11.9. The highest BCUT2D eigenvalue weighted by Gasteiger charge is 2.28. The molecule has 7 heteroatoms. The summed E-state index contributed by atoms with van der Waals surface area (Å²) in [7, 11) is -3.78. The molecule has 0 aliphatic carbocycles. The number of rotatable bonds is 5. The topological polar surface area (TPSA) is 72.9 Å². The fraction of sp³-hybridized carbons (Fsp3) is 0.462. The molecule has 0 saturated carbocycles. The molecule has 1 aliphatic heterocycles. The van der Waals surface area contributed by atoms with Crippen molar-refractivity contribution in [3.05, 3.63) is 29.8 Å². The summed E-state index contributed by atoms with van der Waals surface area (Å²) in [6, 6.07) is 6.40. The highest BCUT2D eigenvalue weighted by Crippen LogP contribution is 2.14. The number of ether oxygens (including phenoxy) is 1. The van der Waals surface area contributed by atoms with E-state index in [-0.39, 0.29) is 24.2 Å². The van der Waals surface area contributed by atoms with Crippen LogP contribution in [0.3, 0.4) is 0 Å². The average Bonchev–Trinajstić information content (AvgIpc) is 2.68. The SMILES string of the molecule is Cc1ccc(S(=O)(=O)OCCN2C[C@H](C)OC2=O)cc1. The van der Waals surface area contributed by atoms with Gasteiger partial charge in [-0.25, -0.2) is 4.79 Å². The summed E-state index contributed by atoms with van der Waals surface area (Å²) in [5.74, 6) is 0. The lowest BCUT2D eigenvalue weighted by molar-refractivity contribution is 0.136. The van der Waals surface area contributed by atoms with Gasteiger partial charge in [-0.3, -0.25) is 4.18 Å². The smallest absolute Gasteiger partial charge is 0.410 e. The number of cyclic esters (lactones) is 1. The van der Waals surface area contributed by atoms with E-state index < -0.39 is 16.2 Å². The van der Waals surface area contributed by atoms with Crippen molar-refractivity contribution in [3.63, 3.8) is 0 Å². The predicted octanol–water partition coefficient (Wildman–Crippen LogP) is 1.54. The first-order valence-electron chi connectivity index (χ1n) is 6.30. The molecule has 0 unspecified atom stereocenters. The van der Waals surface area contributed by atoms with Crippen molar-refractivity contribution < 1.29 is 22.1 Å². The van der Waals surface area contributed by atoms with E-state index in [1.54, 1.807) is 19.1 Å². The van der Waals surface area contributed by atoms with E-state index in [0.29, 0.717) is 6.54 Å². The molecule has 1 atom stereocenters. The number of carbonyl (C=O) groups is 1. The first-order chi connectivity index (χ1) is 9.38. The van der Waals surface area contributed by atoms with Crippen LogP contribution in [0.15, 0.2) is 29.2 Å². The first kappa shape index (κ1) is 14.8. The van der Waals surface area contributed by atoms with Crippen LogP contribution >= 0.6 is 0 Å². The van der Waals surface area contributed by atoms with E-state index in [9.17, 15) is 13.2 Å². The molecule has 0 spiro atoms. The summed E-state index contributed by atoms with van der Waals surface area (Å²) in [5, 5.41) is 0. The van der Waals surface area contributed by atoms with Gasteiger partial charge in [0, 0.05) is 6.54 Å². The van der Waals surface area contributed by atoms with Crippen molar-refractivity contribution in [2.75, 3.05) is 19.7 Å². The normalized spacial score (nSPS) is 19.2. The zero-order chi connectivity index (χ0) is 14.8. The van der Waals surface area contributed by atoms with Gasteiger partial charge in [0.25, 0.3) is 10.1 Å². The molecular formula is C13H17NO5S. The fourth-order valence-electron chi connectivity index (χ4n) is 1.88. The fourth-order valence-corrected chi connectivity index (χ4v) is 2.78. The lowest BCUT2D eigenvalue weighted by Gasteiger charge is -2.12. The Labute approximate surface area is 118 Å². The number of hydrogen-bond donors (Lipinski definition) is 0. The van der Waals surface area contributed by atoms with E-state index in [1.807, 2.05) is 6.92 Å². The molecule has 20 heavy (non-hydrogen) atoms. The molecule has 1 saturated heterocycles. The number of amides is 1. The molecule has 1 aromatic rings. The number of aryl methyl sites for hydroxylation is 1. The van der Waals surface area contributed by atoms with Crippen LogP contribution in [0, 0.1) is 6.92 Å². The van der Waals surface area contributed by atoms with Gasteiger partial charge < -0.3 is 9.64 Å². The van der Waals surface area contributed by atoms with E-state index in [1.165, 1.54) is 17.0 Å². The van der Waals surface area contributed by atoms with Crippen molar-refractivity contribution in [2.24, 2.45) is 0 Å². The Morgan fingerprint density at radius 1 is 1.35 bits per heavy atom. The van der Waals surface area contributed by atoms with Crippen molar-refractivity contribution in [2.45, 2.75) is 24.8 Å². The third kappa shape index (κ3) is 3.49. The Bertz CT molecular complexity index is 581. The minimum atomic E-state index is -3.78.